The molecule has 2 rings (SSSR count). The Hall–Kier alpha value is -3.31. The van der Waals surface area contributed by atoms with Crippen LogP contribution >= 0.6 is 0 Å². The van der Waals surface area contributed by atoms with Gasteiger partial charge in [0.05, 0.1) is 22.2 Å². The number of benzene rings is 2. The highest BCUT2D eigenvalue weighted by Crippen LogP contribution is 2.18. The average molecular weight is 464 g/mol. The molecule has 1 amide bonds. The maximum atomic E-state index is 12.9. The number of hydrogen-bond acceptors (Lipinski definition) is 6. The third kappa shape index (κ3) is 6.86. The molecule has 172 valence electrons. The first kappa shape index (κ1) is 25.0. The van der Waals surface area contributed by atoms with Crippen molar-refractivity contribution in [3.63, 3.8) is 0 Å². The van der Waals surface area contributed by atoms with Crippen molar-refractivity contribution in [2.45, 2.75) is 30.7 Å². The molecule has 0 saturated carbocycles. The van der Waals surface area contributed by atoms with Gasteiger partial charge in [0.2, 0.25) is 15.9 Å². The third-order valence-electron chi connectivity index (χ3n) is 5.03. The first-order valence-corrected chi connectivity index (χ1v) is 11.3. The van der Waals surface area contributed by atoms with Crippen LogP contribution in [0.3, 0.4) is 0 Å². The molecule has 0 aliphatic carbocycles. The zero-order valence-corrected chi connectivity index (χ0v) is 18.5. The molecule has 0 fully saturated rings. The van der Waals surface area contributed by atoms with E-state index in [1.54, 1.807) is 19.1 Å². The Bertz CT molecular complexity index is 1060. The van der Waals surface area contributed by atoms with Gasteiger partial charge in [0, 0.05) is 31.8 Å². The summed E-state index contributed by atoms with van der Waals surface area (Å²) in [6.45, 7) is 1.52. The molecule has 2 atom stereocenters. The number of nitro benzene ring substituents is 1. The second-order valence-corrected chi connectivity index (χ2v) is 9.15. The van der Waals surface area contributed by atoms with E-state index in [9.17, 15) is 33.2 Å². The molecule has 0 aliphatic heterocycles. The monoisotopic (exact) mass is 463 g/mol. The number of amides is 1. The van der Waals surface area contributed by atoms with Gasteiger partial charge in [0.1, 0.15) is 0 Å². The van der Waals surface area contributed by atoms with E-state index in [1.165, 1.54) is 11.9 Å². The average Bonchev–Trinajstić information content (AvgIpc) is 2.76. The van der Waals surface area contributed by atoms with E-state index in [0.717, 1.165) is 29.8 Å². The first-order valence-electron chi connectivity index (χ1n) is 9.77. The molecule has 0 bridgehead atoms. The summed E-state index contributed by atoms with van der Waals surface area (Å²) in [7, 11) is -2.46. The number of non-ortho nitro benzene ring substituents is 1. The summed E-state index contributed by atoms with van der Waals surface area (Å²) in [6, 6.07) is 12.9. The molecule has 0 radical (unpaired) electrons. The van der Waals surface area contributed by atoms with E-state index in [-0.39, 0.29) is 30.0 Å². The van der Waals surface area contributed by atoms with Crippen molar-refractivity contribution in [2.24, 2.45) is 5.92 Å². The smallest absolute Gasteiger partial charge is 0.304 e. The summed E-state index contributed by atoms with van der Waals surface area (Å²) in [4.78, 5) is 35.5. The summed E-state index contributed by atoms with van der Waals surface area (Å²) in [5.41, 5.74) is 0.595. The number of carboxylic acid groups (broad SMARTS) is 1. The van der Waals surface area contributed by atoms with Gasteiger partial charge in [-0.3, -0.25) is 19.7 Å². The van der Waals surface area contributed by atoms with Gasteiger partial charge in [-0.05, 0) is 31.0 Å². The standard InChI is InChI=1S/C21H25N3O7S/c1-15(14-22-32(30,31)19-10-8-18(9-11-19)24(28)29)23(2)21(27)17(13-20(25)26)12-16-6-4-3-5-7-16/h3-11,15,17,22H,12-14H2,1-2H3,(H,25,26). The number of nitro groups is 1. The van der Waals surface area contributed by atoms with E-state index in [1.807, 2.05) is 18.2 Å². The van der Waals surface area contributed by atoms with E-state index in [0.29, 0.717) is 0 Å². The lowest BCUT2D eigenvalue weighted by atomic mass is 9.94. The molecule has 32 heavy (non-hydrogen) atoms. The van der Waals surface area contributed by atoms with Crippen LogP contribution in [0.25, 0.3) is 0 Å². The van der Waals surface area contributed by atoms with Gasteiger partial charge < -0.3 is 10.0 Å². The molecule has 0 aliphatic rings. The molecule has 2 N–H and O–H groups in total. The largest absolute Gasteiger partial charge is 0.481 e. The van der Waals surface area contributed by atoms with Crippen LogP contribution in [0.1, 0.15) is 18.9 Å². The molecule has 10 nitrogen and oxygen atoms in total. The lowest BCUT2D eigenvalue weighted by molar-refractivity contribution is -0.384. The van der Waals surface area contributed by atoms with Gasteiger partial charge in [-0.15, -0.1) is 0 Å². The number of carbonyl (C=O) groups excluding carboxylic acids is 1. The van der Waals surface area contributed by atoms with E-state index < -0.39 is 38.8 Å². The molecular weight excluding hydrogens is 438 g/mol. The normalized spacial score (nSPS) is 13.2. The van der Waals surface area contributed by atoms with Crippen molar-refractivity contribution in [1.82, 2.24) is 9.62 Å². The van der Waals surface area contributed by atoms with Gasteiger partial charge >= 0.3 is 5.97 Å². The van der Waals surface area contributed by atoms with Crippen LogP contribution < -0.4 is 4.72 Å². The summed E-state index contributed by atoms with van der Waals surface area (Å²) in [5, 5.41) is 19.9. The number of sulfonamides is 1. The van der Waals surface area contributed by atoms with Crippen molar-refractivity contribution in [3.05, 3.63) is 70.3 Å². The van der Waals surface area contributed by atoms with E-state index in [4.69, 9.17) is 0 Å². The fourth-order valence-electron chi connectivity index (χ4n) is 3.06. The van der Waals surface area contributed by atoms with Gasteiger partial charge in [-0.1, -0.05) is 30.3 Å². The third-order valence-corrected chi connectivity index (χ3v) is 6.47. The predicted octanol–water partition coefficient (Wildman–Crippen LogP) is 2.05. The van der Waals surface area contributed by atoms with Crippen LogP contribution in [0.4, 0.5) is 5.69 Å². The lowest BCUT2D eigenvalue weighted by Gasteiger charge is -2.29. The number of likely N-dealkylation sites (N-methyl/N-ethyl adjacent to an activating group) is 1. The Morgan fingerprint density at radius 2 is 1.72 bits per heavy atom. The Labute approximate surface area is 186 Å². The van der Waals surface area contributed by atoms with Crippen molar-refractivity contribution in [3.8, 4) is 0 Å². The number of nitrogens with zero attached hydrogens (tertiary/aromatic N) is 2. The summed E-state index contributed by atoms with van der Waals surface area (Å²) < 4.78 is 27.3. The number of carboxylic acids is 1. The Morgan fingerprint density at radius 3 is 2.25 bits per heavy atom. The fourth-order valence-corrected chi connectivity index (χ4v) is 4.18. The van der Waals surface area contributed by atoms with Gasteiger partial charge in [-0.25, -0.2) is 13.1 Å². The van der Waals surface area contributed by atoms with Crippen molar-refractivity contribution >= 4 is 27.6 Å². The minimum absolute atomic E-state index is 0.118. The van der Waals surface area contributed by atoms with Gasteiger partial charge in [0.15, 0.2) is 0 Å². The van der Waals surface area contributed by atoms with Crippen LogP contribution in [-0.4, -0.2) is 54.9 Å². The van der Waals surface area contributed by atoms with Crippen LogP contribution in [0.15, 0.2) is 59.5 Å². The quantitative estimate of drug-likeness (QED) is 0.383. The highest BCUT2D eigenvalue weighted by atomic mass is 32.2. The van der Waals surface area contributed by atoms with Crippen LogP contribution in [0.5, 0.6) is 0 Å². The van der Waals surface area contributed by atoms with Crippen LogP contribution in [-0.2, 0) is 26.0 Å². The number of nitrogens with one attached hydrogen (secondary N) is 1. The number of hydrogen-bond donors (Lipinski definition) is 2. The van der Waals surface area contributed by atoms with Crippen LogP contribution in [0, 0.1) is 16.0 Å². The Kier molecular flexibility index (Phi) is 8.44. The number of aliphatic carboxylic acids is 1. The van der Waals surface area contributed by atoms with Gasteiger partial charge in [-0.2, -0.15) is 0 Å². The van der Waals surface area contributed by atoms with E-state index >= 15 is 0 Å². The summed E-state index contributed by atoms with van der Waals surface area (Å²) in [6.07, 6.45) is -0.100. The highest BCUT2D eigenvalue weighted by molar-refractivity contribution is 7.89. The maximum Gasteiger partial charge on any atom is 0.304 e. The number of rotatable bonds is 11. The summed E-state index contributed by atoms with van der Waals surface area (Å²) in [5.74, 6) is -2.30. The van der Waals surface area contributed by atoms with Gasteiger partial charge in [0.25, 0.3) is 5.69 Å². The molecule has 0 saturated heterocycles. The van der Waals surface area contributed by atoms with Crippen molar-refractivity contribution < 1.29 is 28.0 Å². The first-order chi connectivity index (χ1) is 15.0. The SMILES string of the molecule is CC(CNS(=O)(=O)c1ccc([N+](=O)[O-])cc1)N(C)C(=O)C(CC(=O)O)Cc1ccccc1. The molecule has 2 aromatic rings. The molecule has 0 spiro atoms. The molecule has 0 aromatic heterocycles. The van der Waals surface area contributed by atoms with Crippen LogP contribution in [0.2, 0.25) is 0 Å². The second kappa shape index (κ2) is 10.8. The predicted molar refractivity (Wildman–Crippen MR) is 116 cm³/mol. The van der Waals surface area contributed by atoms with Crippen molar-refractivity contribution in [2.75, 3.05) is 13.6 Å². The topological polar surface area (TPSA) is 147 Å². The molecule has 2 aromatic carbocycles. The minimum atomic E-state index is -3.95. The Balaban J connectivity index is 2.05. The van der Waals surface area contributed by atoms with E-state index in [2.05, 4.69) is 4.72 Å². The molecule has 2 unspecified atom stereocenters. The molecule has 0 heterocycles. The zero-order valence-electron chi connectivity index (χ0n) is 17.7. The van der Waals surface area contributed by atoms with Crippen molar-refractivity contribution in [1.29, 1.82) is 0 Å². The fraction of sp³-hybridized carbons (Fsp3) is 0.333. The summed E-state index contributed by atoms with van der Waals surface area (Å²) >= 11 is 0. The second-order valence-electron chi connectivity index (χ2n) is 7.39. The molecular formula is C21H25N3O7S. The Morgan fingerprint density at radius 1 is 1.12 bits per heavy atom. The highest BCUT2D eigenvalue weighted by Gasteiger charge is 2.28. The maximum absolute atomic E-state index is 12.9. The molecule has 11 heteroatoms. The lowest BCUT2D eigenvalue weighted by Crippen LogP contribution is -2.46. The zero-order chi connectivity index (χ0) is 23.9. The number of carbonyl (C=O) groups is 2. The minimum Gasteiger partial charge on any atom is -0.481 e.